The van der Waals surface area contributed by atoms with Crippen LogP contribution in [0.1, 0.15) is 44.2 Å². The second kappa shape index (κ2) is 5.89. The number of carbonyl (C=O) groups excluding carboxylic acids is 2. The fourth-order valence-corrected chi connectivity index (χ4v) is 5.08. The number of hydrogen-bond donors (Lipinski definition) is 1. The van der Waals surface area contributed by atoms with Crippen molar-refractivity contribution in [2.45, 2.75) is 59.1 Å². The van der Waals surface area contributed by atoms with Crippen molar-refractivity contribution in [3.8, 4) is 0 Å². The molecule has 2 aromatic heterocycles. The summed E-state index contributed by atoms with van der Waals surface area (Å²) in [6.07, 6.45) is 5.50. The lowest BCUT2D eigenvalue weighted by molar-refractivity contribution is -0.165. The number of esters is 1. The van der Waals surface area contributed by atoms with Crippen molar-refractivity contribution in [1.82, 2.24) is 14.8 Å². The molecular weight excluding hydrogens is 364 g/mol. The normalized spacial score (nSPS) is 28.4. The molecule has 2 fully saturated rings. The van der Waals surface area contributed by atoms with Gasteiger partial charge in [0.15, 0.2) is 5.60 Å². The zero-order valence-electron chi connectivity index (χ0n) is 16.0. The van der Waals surface area contributed by atoms with E-state index in [4.69, 9.17) is 4.74 Å². The Labute approximate surface area is 162 Å². The number of rotatable bonds is 5. The zero-order chi connectivity index (χ0) is 19.4. The van der Waals surface area contributed by atoms with Crippen molar-refractivity contribution in [3.63, 3.8) is 0 Å². The molecule has 144 valence electrons. The van der Waals surface area contributed by atoms with Gasteiger partial charge < -0.3 is 10.1 Å². The van der Waals surface area contributed by atoms with Gasteiger partial charge in [-0.2, -0.15) is 5.10 Å². The summed E-state index contributed by atoms with van der Waals surface area (Å²) in [4.78, 5) is 30.9. The lowest BCUT2D eigenvalue weighted by Crippen LogP contribution is -2.50. The third kappa shape index (κ3) is 2.46. The van der Waals surface area contributed by atoms with Crippen LogP contribution >= 0.6 is 11.3 Å². The Morgan fingerprint density at radius 3 is 2.74 bits per heavy atom. The van der Waals surface area contributed by atoms with Crippen LogP contribution in [0.2, 0.25) is 0 Å². The van der Waals surface area contributed by atoms with E-state index in [1.165, 1.54) is 4.88 Å². The molecule has 0 radical (unpaired) electrons. The minimum absolute atomic E-state index is 0.264. The van der Waals surface area contributed by atoms with Gasteiger partial charge in [0.25, 0.3) is 5.91 Å². The van der Waals surface area contributed by atoms with Crippen LogP contribution in [0.3, 0.4) is 0 Å². The Morgan fingerprint density at radius 2 is 2.15 bits per heavy atom. The van der Waals surface area contributed by atoms with Crippen molar-refractivity contribution in [2.24, 2.45) is 10.8 Å². The van der Waals surface area contributed by atoms with Crippen molar-refractivity contribution >= 4 is 28.9 Å². The van der Waals surface area contributed by atoms with Gasteiger partial charge in [-0.15, -0.1) is 11.3 Å². The number of nitrogens with one attached hydrogen (secondary N) is 1. The largest absolute Gasteiger partial charge is 0.448 e. The maximum Gasteiger partial charge on any atom is 0.313 e. The molecule has 3 heterocycles. The molecule has 2 aromatic rings. The van der Waals surface area contributed by atoms with Gasteiger partial charge >= 0.3 is 5.97 Å². The summed E-state index contributed by atoms with van der Waals surface area (Å²) in [5.41, 5.74) is 1.23. The van der Waals surface area contributed by atoms with Gasteiger partial charge in [-0.3, -0.25) is 14.3 Å². The van der Waals surface area contributed by atoms with Gasteiger partial charge in [-0.05, 0) is 26.7 Å². The van der Waals surface area contributed by atoms with E-state index in [1.54, 1.807) is 22.2 Å². The molecule has 1 aliphatic heterocycles. The fraction of sp³-hybridized carbons (Fsp3) is 0.579. The van der Waals surface area contributed by atoms with E-state index in [0.29, 0.717) is 25.1 Å². The highest BCUT2D eigenvalue weighted by molar-refractivity contribution is 7.09. The number of anilines is 1. The molecule has 1 saturated heterocycles. The smallest absolute Gasteiger partial charge is 0.313 e. The molecule has 1 saturated carbocycles. The maximum absolute atomic E-state index is 13.1. The summed E-state index contributed by atoms with van der Waals surface area (Å²) in [6.45, 7) is 8.51. The predicted octanol–water partition coefficient (Wildman–Crippen LogP) is 2.95. The Balaban J connectivity index is 1.46. The SMILES string of the molecule is Cc1ncsc1CCn1cc(NC(=O)C23CCC(C)(C(=O)O2)C3(C)C)cn1. The van der Waals surface area contributed by atoms with Crippen LogP contribution in [0.15, 0.2) is 17.9 Å². The molecule has 2 bridgehead atoms. The minimum atomic E-state index is -1.11. The zero-order valence-corrected chi connectivity index (χ0v) is 16.9. The first-order valence-corrected chi connectivity index (χ1v) is 10.0. The first kappa shape index (κ1) is 18.2. The van der Waals surface area contributed by atoms with E-state index in [2.05, 4.69) is 15.4 Å². The molecule has 2 aliphatic rings. The summed E-state index contributed by atoms with van der Waals surface area (Å²) in [5.74, 6) is -0.538. The maximum atomic E-state index is 13.1. The third-order valence-electron chi connectivity index (χ3n) is 6.75. The van der Waals surface area contributed by atoms with E-state index < -0.39 is 16.4 Å². The lowest BCUT2D eigenvalue weighted by atomic mass is 9.66. The topological polar surface area (TPSA) is 86.1 Å². The average molecular weight is 388 g/mol. The van der Waals surface area contributed by atoms with Crippen molar-refractivity contribution in [3.05, 3.63) is 28.5 Å². The molecule has 7 nitrogen and oxygen atoms in total. The van der Waals surface area contributed by atoms with Gasteiger partial charge in [0.2, 0.25) is 0 Å². The highest BCUT2D eigenvalue weighted by Crippen LogP contribution is 2.65. The van der Waals surface area contributed by atoms with Crippen LogP contribution in [0.25, 0.3) is 0 Å². The number of aromatic nitrogens is 3. The molecule has 8 heteroatoms. The molecule has 4 rings (SSSR count). The molecule has 1 aliphatic carbocycles. The van der Waals surface area contributed by atoms with Crippen LogP contribution in [-0.2, 0) is 27.3 Å². The van der Waals surface area contributed by atoms with Gasteiger partial charge in [-0.25, -0.2) is 4.98 Å². The Bertz CT molecular complexity index is 918. The van der Waals surface area contributed by atoms with Crippen LogP contribution in [0.5, 0.6) is 0 Å². The van der Waals surface area contributed by atoms with E-state index in [-0.39, 0.29) is 11.9 Å². The Kier molecular flexibility index (Phi) is 3.96. The summed E-state index contributed by atoms with van der Waals surface area (Å²) in [5, 5.41) is 7.24. The average Bonchev–Trinajstić information content (AvgIpc) is 3.30. The molecule has 2 unspecified atom stereocenters. The highest BCUT2D eigenvalue weighted by Gasteiger charge is 2.75. The van der Waals surface area contributed by atoms with Gasteiger partial charge in [-0.1, -0.05) is 13.8 Å². The van der Waals surface area contributed by atoms with Gasteiger partial charge in [0, 0.05) is 29.5 Å². The molecule has 1 N–H and O–H groups in total. The van der Waals surface area contributed by atoms with Crippen molar-refractivity contribution in [1.29, 1.82) is 0 Å². The van der Waals surface area contributed by atoms with Gasteiger partial charge in [0.05, 0.1) is 28.5 Å². The number of amides is 1. The molecule has 27 heavy (non-hydrogen) atoms. The summed E-state index contributed by atoms with van der Waals surface area (Å²) < 4.78 is 7.44. The second-order valence-corrected chi connectivity index (χ2v) is 9.17. The molecule has 0 spiro atoms. The number of thiazole rings is 1. The molecule has 2 atom stereocenters. The first-order chi connectivity index (χ1) is 12.7. The van der Waals surface area contributed by atoms with Crippen molar-refractivity contribution in [2.75, 3.05) is 5.32 Å². The molecule has 1 amide bonds. The summed E-state index contributed by atoms with van der Waals surface area (Å²) in [6, 6.07) is 0. The quantitative estimate of drug-likeness (QED) is 0.796. The number of aryl methyl sites for hydroxylation is 3. The number of carbonyl (C=O) groups is 2. The second-order valence-electron chi connectivity index (χ2n) is 8.23. The van der Waals surface area contributed by atoms with E-state index in [1.807, 2.05) is 39.4 Å². The van der Waals surface area contributed by atoms with Crippen LogP contribution in [-0.4, -0.2) is 32.2 Å². The Morgan fingerprint density at radius 1 is 1.37 bits per heavy atom. The Hall–Kier alpha value is -2.22. The third-order valence-corrected chi connectivity index (χ3v) is 7.75. The fourth-order valence-electron chi connectivity index (χ4n) is 4.31. The summed E-state index contributed by atoms with van der Waals surface area (Å²) in [7, 11) is 0. The number of hydrogen-bond acceptors (Lipinski definition) is 6. The minimum Gasteiger partial charge on any atom is -0.448 e. The number of ether oxygens (including phenoxy) is 1. The monoisotopic (exact) mass is 388 g/mol. The van der Waals surface area contributed by atoms with E-state index in [0.717, 1.165) is 12.1 Å². The molecular formula is C19H24N4O3S. The van der Waals surface area contributed by atoms with Crippen LogP contribution in [0, 0.1) is 17.8 Å². The lowest BCUT2D eigenvalue weighted by Gasteiger charge is -2.35. The summed E-state index contributed by atoms with van der Waals surface area (Å²) >= 11 is 1.64. The predicted molar refractivity (Wildman–Crippen MR) is 101 cm³/mol. The number of nitrogens with zero attached hydrogens (tertiary/aromatic N) is 3. The number of fused-ring (bicyclic) bond motifs is 2. The molecule has 0 aromatic carbocycles. The standard InChI is InChI=1S/C19H24N4O3S/c1-12-14(27-11-20-12)5-8-23-10-13(9-21-23)22-15(24)19-7-6-18(4,16(25)26-19)17(19,2)3/h9-11H,5-8H2,1-4H3,(H,22,24). The van der Waals surface area contributed by atoms with E-state index >= 15 is 0 Å². The van der Waals surface area contributed by atoms with Crippen LogP contribution in [0.4, 0.5) is 5.69 Å². The highest BCUT2D eigenvalue weighted by atomic mass is 32.1. The first-order valence-electron chi connectivity index (χ1n) is 9.16. The van der Waals surface area contributed by atoms with Crippen molar-refractivity contribution < 1.29 is 14.3 Å². The van der Waals surface area contributed by atoms with Gasteiger partial charge in [0.1, 0.15) is 0 Å². The van der Waals surface area contributed by atoms with Crippen LogP contribution < -0.4 is 5.32 Å². The van der Waals surface area contributed by atoms with E-state index in [9.17, 15) is 9.59 Å².